The third-order valence-electron chi connectivity index (χ3n) is 6.21. The van der Waals surface area contributed by atoms with E-state index in [0.29, 0.717) is 24.0 Å². The van der Waals surface area contributed by atoms with E-state index in [1.807, 2.05) is 0 Å². The SMILES string of the molecule is COc1ccc(CN2C(=O)C3CCCCC3C2=O)cc1S(=O)(=O)Nc1ccc(C)c(F)c1. The maximum absolute atomic E-state index is 13.9. The van der Waals surface area contributed by atoms with Crippen molar-refractivity contribution in [3.63, 3.8) is 0 Å². The Hall–Kier alpha value is -2.94. The maximum Gasteiger partial charge on any atom is 0.265 e. The van der Waals surface area contributed by atoms with E-state index in [4.69, 9.17) is 4.74 Å². The lowest BCUT2D eigenvalue weighted by Crippen LogP contribution is -2.30. The molecule has 32 heavy (non-hydrogen) atoms. The van der Waals surface area contributed by atoms with Crippen LogP contribution in [0.1, 0.15) is 36.8 Å². The highest BCUT2D eigenvalue weighted by molar-refractivity contribution is 7.92. The minimum absolute atomic E-state index is 0.00363. The predicted octanol–water partition coefficient (Wildman–Crippen LogP) is 3.62. The molecule has 1 heterocycles. The molecular weight excluding hydrogens is 435 g/mol. The van der Waals surface area contributed by atoms with Crippen molar-refractivity contribution in [2.75, 3.05) is 11.8 Å². The third-order valence-corrected chi connectivity index (χ3v) is 7.62. The number of carbonyl (C=O) groups excluding carboxylic acids is 2. The van der Waals surface area contributed by atoms with Crippen molar-refractivity contribution in [1.82, 2.24) is 4.90 Å². The van der Waals surface area contributed by atoms with Crippen LogP contribution in [0.15, 0.2) is 41.3 Å². The zero-order valence-electron chi connectivity index (χ0n) is 17.9. The molecule has 0 radical (unpaired) electrons. The predicted molar refractivity (Wildman–Crippen MR) is 116 cm³/mol. The maximum atomic E-state index is 13.9. The number of aryl methyl sites for hydroxylation is 1. The van der Waals surface area contributed by atoms with Crippen LogP contribution in [0.5, 0.6) is 5.75 Å². The van der Waals surface area contributed by atoms with Crippen molar-refractivity contribution in [2.24, 2.45) is 11.8 Å². The van der Waals surface area contributed by atoms with Gasteiger partial charge in [0.2, 0.25) is 11.8 Å². The average Bonchev–Trinajstić information content (AvgIpc) is 3.01. The number of nitrogens with one attached hydrogen (secondary N) is 1. The van der Waals surface area contributed by atoms with E-state index < -0.39 is 15.8 Å². The summed E-state index contributed by atoms with van der Waals surface area (Å²) in [5.41, 5.74) is 0.962. The fourth-order valence-corrected chi connectivity index (χ4v) is 5.74. The van der Waals surface area contributed by atoms with Gasteiger partial charge >= 0.3 is 0 Å². The highest BCUT2D eigenvalue weighted by Crippen LogP contribution is 2.39. The summed E-state index contributed by atoms with van der Waals surface area (Å²) in [6, 6.07) is 8.55. The Morgan fingerprint density at radius 3 is 2.31 bits per heavy atom. The lowest BCUT2D eigenvalue weighted by Gasteiger charge is -2.19. The van der Waals surface area contributed by atoms with Gasteiger partial charge in [0.25, 0.3) is 10.0 Å². The third kappa shape index (κ3) is 4.09. The van der Waals surface area contributed by atoms with Gasteiger partial charge < -0.3 is 4.74 Å². The second-order valence-electron chi connectivity index (χ2n) is 8.31. The summed E-state index contributed by atoms with van der Waals surface area (Å²) in [7, 11) is -2.77. The van der Waals surface area contributed by atoms with Crippen molar-refractivity contribution < 1.29 is 27.1 Å². The van der Waals surface area contributed by atoms with Crippen molar-refractivity contribution in [2.45, 2.75) is 44.0 Å². The Morgan fingerprint density at radius 1 is 1.06 bits per heavy atom. The molecule has 170 valence electrons. The number of nitrogens with zero attached hydrogens (tertiary/aromatic N) is 1. The minimum atomic E-state index is -4.12. The number of sulfonamides is 1. The molecule has 2 aromatic carbocycles. The average molecular weight is 461 g/mol. The van der Waals surface area contributed by atoms with E-state index >= 15 is 0 Å². The molecule has 1 saturated heterocycles. The Morgan fingerprint density at radius 2 is 1.72 bits per heavy atom. The molecule has 2 fully saturated rings. The standard InChI is InChI=1S/C23H25FN2O5S/c1-14-7-9-16(12-19(14)24)25-32(29,30)21-11-15(8-10-20(21)31-2)13-26-22(27)17-5-3-4-6-18(17)23(26)28/h7-12,17-18,25H,3-6,13H2,1-2H3. The Balaban J connectivity index is 1.62. The molecule has 0 bridgehead atoms. The Bertz CT molecular complexity index is 1160. The monoisotopic (exact) mass is 460 g/mol. The number of carbonyl (C=O) groups is 2. The van der Waals surface area contributed by atoms with Crippen LogP contribution in [-0.2, 0) is 26.2 Å². The molecule has 9 heteroatoms. The number of methoxy groups -OCH3 is 1. The van der Waals surface area contributed by atoms with Crippen molar-refractivity contribution in [3.05, 3.63) is 53.3 Å². The highest BCUT2D eigenvalue weighted by Gasteiger charge is 2.47. The molecule has 0 spiro atoms. The van der Waals surface area contributed by atoms with E-state index in [0.717, 1.165) is 18.9 Å². The summed E-state index contributed by atoms with van der Waals surface area (Å²) in [5.74, 6) is -1.34. The minimum Gasteiger partial charge on any atom is -0.495 e. The van der Waals surface area contributed by atoms with Gasteiger partial charge in [0.1, 0.15) is 16.5 Å². The van der Waals surface area contributed by atoms with Gasteiger partial charge in [0.05, 0.1) is 31.2 Å². The number of benzene rings is 2. The Kier molecular flexibility index (Phi) is 5.94. The number of likely N-dealkylation sites (tertiary alicyclic amines) is 1. The molecule has 2 atom stereocenters. The first kappa shape index (κ1) is 22.3. The van der Waals surface area contributed by atoms with Gasteiger partial charge in [0, 0.05) is 0 Å². The van der Waals surface area contributed by atoms with Crippen LogP contribution in [0.2, 0.25) is 0 Å². The molecule has 1 aliphatic heterocycles. The van der Waals surface area contributed by atoms with Crippen molar-refractivity contribution in [3.8, 4) is 5.75 Å². The van der Waals surface area contributed by atoms with Crippen LogP contribution in [0.3, 0.4) is 0 Å². The second-order valence-corrected chi connectivity index (χ2v) is 9.97. The lowest BCUT2D eigenvalue weighted by atomic mass is 9.81. The van der Waals surface area contributed by atoms with Gasteiger partial charge in [-0.2, -0.15) is 0 Å². The van der Waals surface area contributed by atoms with Crippen LogP contribution in [0.25, 0.3) is 0 Å². The molecule has 2 amide bonds. The van der Waals surface area contributed by atoms with Crippen LogP contribution < -0.4 is 9.46 Å². The molecule has 1 aliphatic carbocycles. The highest BCUT2D eigenvalue weighted by atomic mass is 32.2. The number of anilines is 1. The van der Waals surface area contributed by atoms with E-state index in [-0.39, 0.29) is 46.5 Å². The molecule has 4 rings (SSSR count). The van der Waals surface area contributed by atoms with Gasteiger partial charge in [-0.3, -0.25) is 19.2 Å². The van der Waals surface area contributed by atoms with Gasteiger partial charge in [-0.15, -0.1) is 0 Å². The zero-order valence-corrected chi connectivity index (χ0v) is 18.7. The molecule has 2 aliphatic rings. The van der Waals surface area contributed by atoms with Crippen molar-refractivity contribution >= 4 is 27.5 Å². The zero-order chi connectivity index (χ0) is 23.0. The summed E-state index contributed by atoms with van der Waals surface area (Å²) in [5, 5.41) is 0. The number of ether oxygens (including phenoxy) is 1. The summed E-state index contributed by atoms with van der Waals surface area (Å²) >= 11 is 0. The second kappa shape index (κ2) is 8.54. The lowest BCUT2D eigenvalue weighted by molar-refractivity contribution is -0.140. The summed E-state index contributed by atoms with van der Waals surface area (Å²) < 4.78 is 47.5. The van der Waals surface area contributed by atoms with Crippen molar-refractivity contribution in [1.29, 1.82) is 0 Å². The first-order valence-corrected chi connectivity index (χ1v) is 12.0. The van der Waals surface area contributed by atoms with E-state index in [2.05, 4.69) is 4.72 Å². The fourth-order valence-electron chi connectivity index (χ4n) is 4.47. The first-order chi connectivity index (χ1) is 15.2. The van der Waals surface area contributed by atoms with Gasteiger partial charge in [-0.05, 0) is 55.2 Å². The van der Waals surface area contributed by atoms with Gasteiger partial charge in [-0.25, -0.2) is 12.8 Å². The van der Waals surface area contributed by atoms with E-state index in [9.17, 15) is 22.4 Å². The number of hydrogen-bond donors (Lipinski definition) is 1. The summed E-state index contributed by atoms with van der Waals surface area (Å²) in [6.45, 7) is 1.58. The van der Waals surface area contributed by atoms with Crippen LogP contribution in [-0.4, -0.2) is 32.2 Å². The number of imide groups is 1. The number of halogens is 1. The summed E-state index contributed by atoms with van der Waals surface area (Å²) in [4.78, 5) is 26.6. The molecule has 1 N–H and O–H groups in total. The number of amides is 2. The first-order valence-electron chi connectivity index (χ1n) is 10.5. The van der Waals surface area contributed by atoms with Crippen LogP contribution in [0.4, 0.5) is 10.1 Å². The molecule has 7 nitrogen and oxygen atoms in total. The van der Waals surface area contributed by atoms with E-state index in [1.165, 1.54) is 36.3 Å². The molecule has 2 aromatic rings. The molecule has 1 saturated carbocycles. The van der Waals surface area contributed by atoms with Crippen LogP contribution in [0, 0.1) is 24.6 Å². The smallest absolute Gasteiger partial charge is 0.265 e. The van der Waals surface area contributed by atoms with Gasteiger partial charge in [0.15, 0.2) is 0 Å². The quantitative estimate of drug-likeness (QED) is 0.665. The molecule has 2 unspecified atom stereocenters. The molecule has 0 aromatic heterocycles. The molecular formula is C23H25FN2O5S. The number of fused-ring (bicyclic) bond motifs is 1. The number of hydrogen-bond acceptors (Lipinski definition) is 5. The number of rotatable bonds is 6. The summed E-state index contributed by atoms with van der Waals surface area (Å²) in [6.07, 6.45) is 3.30. The Labute approximate surface area is 186 Å². The van der Waals surface area contributed by atoms with E-state index in [1.54, 1.807) is 13.0 Å². The topological polar surface area (TPSA) is 92.8 Å². The van der Waals surface area contributed by atoms with Crippen LogP contribution >= 0.6 is 0 Å². The fraction of sp³-hybridized carbons (Fsp3) is 0.391. The largest absolute Gasteiger partial charge is 0.495 e. The normalized spacial score (nSPS) is 20.9. The van der Waals surface area contributed by atoms with Gasteiger partial charge in [-0.1, -0.05) is 25.0 Å².